The predicted octanol–water partition coefficient (Wildman–Crippen LogP) is 2.79. The number of hydrogen-bond acceptors (Lipinski definition) is 2. The topological polar surface area (TPSA) is 46.2 Å². The summed E-state index contributed by atoms with van der Waals surface area (Å²) in [6.45, 7) is 2.37. The quantitative estimate of drug-likeness (QED) is 0.846. The molecule has 1 unspecified atom stereocenters. The molecule has 0 spiro atoms. The van der Waals surface area contributed by atoms with Gasteiger partial charge < -0.3 is 0 Å². The van der Waals surface area contributed by atoms with Crippen molar-refractivity contribution in [3.05, 3.63) is 29.3 Å². The molecule has 1 N–H and O–H groups in total. The summed E-state index contributed by atoms with van der Waals surface area (Å²) in [5, 5.41) is 0.414. The molecule has 90 valence electrons. The third-order valence-electron chi connectivity index (χ3n) is 1.94. The largest absolute Gasteiger partial charge is 0.240 e. The Kier molecular flexibility index (Phi) is 5.24. The van der Waals surface area contributed by atoms with E-state index in [4.69, 9.17) is 11.6 Å². The van der Waals surface area contributed by atoms with Crippen LogP contribution in [0.5, 0.6) is 0 Å². The maximum absolute atomic E-state index is 11.8. The summed E-state index contributed by atoms with van der Waals surface area (Å²) in [6, 6.07) is 6.21. The van der Waals surface area contributed by atoms with E-state index in [2.05, 4.69) is 20.7 Å². The third-order valence-corrected chi connectivity index (χ3v) is 4.09. The molecule has 0 aliphatic carbocycles. The standard InChI is InChI=1S/C10H13BrClNO2S/c1-8(11)5-6-13-16(14,15)10-4-2-3-9(12)7-10/h2-4,7-8,13H,5-6H2,1H3. The first-order valence-electron chi connectivity index (χ1n) is 4.81. The van der Waals surface area contributed by atoms with Crippen molar-refractivity contribution in [1.82, 2.24) is 4.72 Å². The molecule has 0 saturated heterocycles. The van der Waals surface area contributed by atoms with Crippen LogP contribution in [0.1, 0.15) is 13.3 Å². The normalized spacial score (nSPS) is 13.7. The Morgan fingerprint density at radius 2 is 2.19 bits per heavy atom. The highest BCUT2D eigenvalue weighted by molar-refractivity contribution is 9.09. The van der Waals surface area contributed by atoms with Crippen molar-refractivity contribution in [2.24, 2.45) is 0 Å². The van der Waals surface area contributed by atoms with E-state index in [0.29, 0.717) is 11.6 Å². The van der Waals surface area contributed by atoms with E-state index in [1.165, 1.54) is 12.1 Å². The van der Waals surface area contributed by atoms with Gasteiger partial charge in [-0.3, -0.25) is 0 Å². The molecular weight excluding hydrogens is 314 g/mol. The minimum atomic E-state index is -3.43. The van der Waals surface area contributed by atoms with Crippen LogP contribution in [0.2, 0.25) is 5.02 Å². The molecule has 0 saturated carbocycles. The number of sulfonamides is 1. The highest BCUT2D eigenvalue weighted by atomic mass is 79.9. The molecule has 16 heavy (non-hydrogen) atoms. The van der Waals surface area contributed by atoms with Gasteiger partial charge in [0.1, 0.15) is 0 Å². The van der Waals surface area contributed by atoms with Crippen molar-refractivity contribution in [3.63, 3.8) is 0 Å². The number of benzene rings is 1. The molecular formula is C10H13BrClNO2S. The fourth-order valence-corrected chi connectivity index (χ4v) is 2.69. The first-order valence-corrected chi connectivity index (χ1v) is 7.59. The molecule has 1 atom stereocenters. The van der Waals surface area contributed by atoms with Crippen LogP contribution in [0.25, 0.3) is 0 Å². The Morgan fingerprint density at radius 3 is 2.75 bits per heavy atom. The van der Waals surface area contributed by atoms with Gasteiger partial charge in [-0.15, -0.1) is 0 Å². The van der Waals surface area contributed by atoms with Gasteiger partial charge in [-0.2, -0.15) is 0 Å². The fraction of sp³-hybridized carbons (Fsp3) is 0.400. The van der Waals surface area contributed by atoms with Crippen molar-refractivity contribution in [3.8, 4) is 0 Å². The highest BCUT2D eigenvalue weighted by Gasteiger charge is 2.13. The Bertz CT molecular complexity index is 448. The molecule has 0 aliphatic rings. The van der Waals surface area contributed by atoms with Crippen molar-refractivity contribution in [1.29, 1.82) is 0 Å². The molecule has 1 aromatic rings. The van der Waals surface area contributed by atoms with E-state index in [0.717, 1.165) is 6.42 Å². The molecule has 3 nitrogen and oxygen atoms in total. The van der Waals surface area contributed by atoms with E-state index in [9.17, 15) is 8.42 Å². The second-order valence-corrected chi connectivity index (χ2v) is 7.19. The van der Waals surface area contributed by atoms with Crippen LogP contribution in [0.15, 0.2) is 29.2 Å². The van der Waals surface area contributed by atoms with Crippen LogP contribution in [-0.4, -0.2) is 19.8 Å². The van der Waals surface area contributed by atoms with Crippen LogP contribution in [-0.2, 0) is 10.0 Å². The predicted molar refractivity (Wildman–Crippen MR) is 69.6 cm³/mol. The maximum atomic E-state index is 11.8. The lowest BCUT2D eigenvalue weighted by molar-refractivity contribution is 0.579. The maximum Gasteiger partial charge on any atom is 0.240 e. The minimum Gasteiger partial charge on any atom is -0.211 e. The van der Waals surface area contributed by atoms with Gasteiger partial charge in [-0.05, 0) is 24.6 Å². The molecule has 0 heterocycles. The van der Waals surface area contributed by atoms with E-state index in [1.807, 2.05) is 6.92 Å². The summed E-state index contributed by atoms with van der Waals surface area (Å²) in [4.78, 5) is 0.483. The fourth-order valence-electron chi connectivity index (χ4n) is 1.11. The van der Waals surface area contributed by atoms with Crippen LogP contribution in [0.3, 0.4) is 0 Å². The van der Waals surface area contributed by atoms with Gasteiger partial charge >= 0.3 is 0 Å². The lowest BCUT2D eigenvalue weighted by Gasteiger charge is -2.07. The molecule has 0 fully saturated rings. The van der Waals surface area contributed by atoms with E-state index < -0.39 is 10.0 Å². The molecule has 0 aromatic heterocycles. The highest BCUT2D eigenvalue weighted by Crippen LogP contribution is 2.15. The average molecular weight is 327 g/mol. The number of alkyl halides is 1. The van der Waals surface area contributed by atoms with Crippen LogP contribution in [0.4, 0.5) is 0 Å². The zero-order valence-corrected chi connectivity index (χ0v) is 11.9. The van der Waals surface area contributed by atoms with E-state index in [-0.39, 0.29) is 9.72 Å². The van der Waals surface area contributed by atoms with Gasteiger partial charge in [-0.1, -0.05) is 40.5 Å². The van der Waals surface area contributed by atoms with E-state index in [1.54, 1.807) is 12.1 Å². The summed E-state index contributed by atoms with van der Waals surface area (Å²) < 4.78 is 26.1. The van der Waals surface area contributed by atoms with Crippen molar-refractivity contribution in [2.45, 2.75) is 23.1 Å². The van der Waals surface area contributed by atoms with Gasteiger partial charge in [0.15, 0.2) is 0 Å². The summed E-state index contributed by atoms with van der Waals surface area (Å²) in [5.74, 6) is 0. The Morgan fingerprint density at radius 1 is 1.50 bits per heavy atom. The first kappa shape index (κ1) is 14.0. The molecule has 0 bridgehead atoms. The number of hydrogen-bond donors (Lipinski definition) is 1. The zero-order valence-electron chi connectivity index (χ0n) is 8.78. The van der Waals surface area contributed by atoms with Crippen molar-refractivity contribution < 1.29 is 8.42 Å². The van der Waals surface area contributed by atoms with Crippen molar-refractivity contribution >= 4 is 37.6 Å². The summed E-state index contributed by atoms with van der Waals surface area (Å²) >= 11 is 9.09. The molecule has 1 rings (SSSR count). The molecule has 0 amide bonds. The number of nitrogens with one attached hydrogen (secondary N) is 1. The van der Waals surface area contributed by atoms with Gasteiger partial charge in [0, 0.05) is 16.4 Å². The van der Waals surface area contributed by atoms with Crippen molar-refractivity contribution in [2.75, 3.05) is 6.54 Å². The smallest absolute Gasteiger partial charge is 0.211 e. The summed E-state index contributed by atoms with van der Waals surface area (Å²) in [5.41, 5.74) is 0. The van der Waals surface area contributed by atoms with Gasteiger partial charge in [0.05, 0.1) is 4.90 Å². The third kappa shape index (κ3) is 4.41. The van der Waals surface area contributed by atoms with Crippen LogP contribution < -0.4 is 4.72 Å². The lowest BCUT2D eigenvalue weighted by Crippen LogP contribution is -2.25. The monoisotopic (exact) mass is 325 g/mol. The van der Waals surface area contributed by atoms with Gasteiger partial charge in [0.25, 0.3) is 0 Å². The molecule has 6 heteroatoms. The zero-order chi connectivity index (χ0) is 12.2. The van der Waals surface area contributed by atoms with Crippen LogP contribution >= 0.6 is 27.5 Å². The molecule has 0 radical (unpaired) electrons. The molecule has 1 aromatic carbocycles. The summed E-state index contributed by atoms with van der Waals surface area (Å²) in [6.07, 6.45) is 0.736. The lowest BCUT2D eigenvalue weighted by atomic mass is 10.3. The first-order chi connectivity index (χ1) is 7.42. The average Bonchev–Trinajstić information content (AvgIpc) is 2.16. The molecule has 0 aliphatic heterocycles. The van der Waals surface area contributed by atoms with Gasteiger partial charge in [0.2, 0.25) is 10.0 Å². The number of halogens is 2. The number of rotatable bonds is 5. The summed E-state index contributed by atoms with van der Waals surface area (Å²) in [7, 11) is -3.43. The minimum absolute atomic E-state index is 0.197. The van der Waals surface area contributed by atoms with Crippen LogP contribution in [0, 0.1) is 0 Å². The van der Waals surface area contributed by atoms with Gasteiger partial charge in [-0.25, -0.2) is 13.1 Å². The van der Waals surface area contributed by atoms with E-state index >= 15 is 0 Å². The SMILES string of the molecule is CC(Br)CCNS(=O)(=O)c1cccc(Cl)c1. The second-order valence-electron chi connectivity index (χ2n) is 3.42. The second kappa shape index (κ2) is 6.00. The Labute approximate surface area is 109 Å². The Balaban J connectivity index is 2.71. The Hall–Kier alpha value is -0.100.